The van der Waals surface area contributed by atoms with E-state index in [1.165, 1.54) is 0 Å². The van der Waals surface area contributed by atoms with Crippen LogP contribution < -0.4 is 5.56 Å². The first-order valence-corrected chi connectivity index (χ1v) is 12.2. The average Bonchev–Trinajstić information content (AvgIpc) is 2.89. The fourth-order valence-electron chi connectivity index (χ4n) is 4.62. The van der Waals surface area contributed by atoms with Crippen LogP contribution in [0.1, 0.15) is 34.7 Å². The van der Waals surface area contributed by atoms with Gasteiger partial charge in [-0.3, -0.25) is 19.1 Å². The van der Waals surface area contributed by atoms with E-state index in [2.05, 4.69) is 11.8 Å². The van der Waals surface area contributed by atoms with Crippen LogP contribution in [-0.4, -0.2) is 51.4 Å². The molecule has 7 heteroatoms. The maximum Gasteiger partial charge on any atom is 0.266 e. The number of aryl methyl sites for hydroxylation is 1. The fraction of sp³-hybridized carbons (Fsp3) is 0.250. The molecule has 4 aromatic rings. The third-order valence-electron chi connectivity index (χ3n) is 6.71. The van der Waals surface area contributed by atoms with Crippen LogP contribution >= 0.6 is 11.6 Å². The Morgan fingerprint density at radius 1 is 0.914 bits per heavy atom. The van der Waals surface area contributed by atoms with Gasteiger partial charge in [0.2, 0.25) is 0 Å². The molecule has 35 heavy (non-hydrogen) atoms. The highest BCUT2D eigenvalue weighted by Gasteiger charge is 2.28. The number of fused-ring (bicyclic) bond motifs is 1. The summed E-state index contributed by atoms with van der Waals surface area (Å²) in [4.78, 5) is 35.6. The highest BCUT2D eigenvalue weighted by molar-refractivity contribution is 6.30. The molecule has 1 saturated heterocycles. The largest absolute Gasteiger partial charge is 0.336 e. The Kier molecular flexibility index (Phi) is 6.41. The normalized spacial score (nSPS) is 15.3. The summed E-state index contributed by atoms with van der Waals surface area (Å²) in [5, 5.41) is 1.19. The van der Waals surface area contributed by atoms with E-state index in [9.17, 15) is 9.59 Å². The SMILES string of the molecule is Cc1ccc(C(=O)N2CCN(C(C)c3nc4ccccc4c(=O)n3-c3ccc(Cl)cc3)CC2)cc1. The van der Waals surface area contributed by atoms with E-state index in [1.807, 2.05) is 66.4 Å². The third-order valence-corrected chi connectivity index (χ3v) is 6.96. The Bertz CT molecular complexity index is 1420. The quantitative estimate of drug-likeness (QED) is 0.413. The van der Waals surface area contributed by atoms with Gasteiger partial charge < -0.3 is 4.90 Å². The van der Waals surface area contributed by atoms with Gasteiger partial charge in [-0.25, -0.2) is 4.98 Å². The number of nitrogens with zero attached hydrogens (tertiary/aromatic N) is 4. The molecule has 5 rings (SSSR count). The van der Waals surface area contributed by atoms with Crippen LogP contribution in [0.3, 0.4) is 0 Å². The van der Waals surface area contributed by atoms with Gasteiger partial charge in [-0.15, -0.1) is 0 Å². The summed E-state index contributed by atoms with van der Waals surface area (Å²) in [7, 11) is 0. The summed E-state index contributed by atoms with van der Waals surface area (Å²) >= 11 is 6.11. The summed E-state index contributed by atoms with van der Waals surface area (Å²) in [6, 6.07) is 22.2. The minimum absolute atomic E-state index is 0.0548. The summed E-state index contributed by atoms with van der Waals surface area (Å²) in [6.45, 7) is 6.72. The average molecular weight is 487 g/mol. The first kappa shape index (κ1) is 23.3. The molecule has 1 unspecified atom stereocenters. The van der Waals surface area contributed by atoms with Crippen LogP contribution in [0.25, 0.3) is 16.6 Å². The summed E-state index contributed by atoms with van der Waals surface area (Å²) in [5.41, 5.74) is 3.15. The minimum atomic E-state index is -0.125. The van der Waals surface area contributed by atoms with Crippen molar-refractivity contribution in [2.45, 2.75) is 19.9 Å². The number of benzene rings is 3. The molecule has 1 aromatic heterocycles. The van der Waals surface area contributed by atoms with Crippen LogP contribution in [0.5, 0.6) is 0 Å². The van der Waals surface area contributed by atoms with Gasteiger partial charge in [-0.1, -0.05) is 41.4 Å². The molecule has 1 atom stereocenters. The number of hydrogen-bond donors (Lipinski definition) is 0. The van der Waals surface area contributed by atoms with E-state index in [1.54, 1.807) is 22.8 Å². The van der Waals surface area contributed by atoms with E-state index in [-0.39, 0.29) is 17.5 Å². The van der Waals surface area contributed by atoms with Gasteiger partial charge in [-0.2, -0.15) is 0 Å². The smallest absolute Gasteiger partial charge is 0.266 e. The number of carbonyl (C=O) groups excluding carboxylic acids is 1. The third kappa shape index (κ3) is 4.59. The van der Waals surface area contributed by atoms with Crippen molar-refractivity contribution in [1.82, 2.24) is 19.4 Å². The predicted octanol–water partition coefficient (Wildman–Crippen LogP) is 4.87. The van der Waals surface area contributed by atoms with Crippen molar-refractivity contribution in [3.63, 3.8) is 0 Å². The molecule has 3 aromatic carbocycles. The van der Waals surface area contributed by atoms with Gasteiger partial charge in [0.25, 0.3) is 11.5 Å². The molecule has 0 radical (unpaired) electrons. The van der Waals surface area contributed by atoms with Crippen LogP contribution in [-0.2, 0) is 0 Å². The number of carbonyl (C=O) groups is 1. The molecule has 0 bridgehead atoms. The van der Waals surface area contributed by atoms with Crippen LogP contribution in [0, 0.1) is 6.92 Å². The summed E-state index contributed by atoms with van der Waals surface area (Å²) in [5.74, 6) is 0.730. The molecule has 0 aliphatic carbocycles. The molecule has 1 aliphatic heterocycles. The number of rotatable bonds is 4. The monoisotopic (exact) mass is 486 g/mol. The summed E-state index contributed by atoms with van der Waals surface area (Å²) < 4.78 is 1.69. The van der Waals surface area contributed by atoms with Crippen LogP contribution in [0.15, 0.2) is 77.6 Å². The molecule has 1 aliphatic rings. The standard InChI is InChI=1S/C28H27ClN4O2/c1-19-7-9-21(10-8-19)27(34)32-17-15-31(16-18-32)20(2)26-30-25-6-4-3-5-24(25)28(35)33(26)23-13-11-22(29)12-14-23/h3-14,20H,15-18H2,1-2H3. The lowest BCUT2D eigenvalue weighted by molar-refractivity contribution is 0.0573. The van der Waals surface area contributed by atoms with Gasteiger partial charge in [0, 0.05) is 36.8 Å². The Morgan fingerprint density at radius 2 is 1.57 bits per heavy atom. The highest BCUT2D eigenvalue weighted by atomic mass is 35.5. The molecular weight excluding hydrogens is 460 g/mol. The molecular formula is C28H27ClN4O2. The van der Waals surface area contributed by atoms with Crippen molar-refractivity contribution in [2.24, 2.45) is 0 Å². The van der Waals surface area contributed by atoms with Crippen molar-refractivity contribution in [3.8, 4) is 5.69 Å². The Labute approximate surface area is 209 Å². The first-order valence-electron chi connectivity index (χ1n) is 11.8. The fourth-order valence-corrected chi connectivity index (χ4v) is 4.75. The van der Waals surface area contributed by atoms with Crippen LogP contribution in [0.4, 0.5) is 0 Å². The Balaban J connectivity index is 1.44. The van der Waals surface area contributed by atoms with Crippen molar-refractivity contribution in [2.75, 3.05) is 26.2 Å². The molecule has 1 amide bonds. The predicted molar refractivity (Wildman–Crippen MR) is 139 cm³/mol. The van der Waals surface area contributed by atoms with Gasteiger partial charge in [0.15, 0.2) is 0 Å². The van der Waals surface area contributed by atoms with Gasteiger partial charge in [0.1, 0.15) is 5.82 Å². The van der Waals surface area contributed by atoms with Gasteiger partial charge in [0.05, 0.1) is 22.6 Å². The Morgan fingerprint density at radius 3 is 2.26 bits per heavy atom. The zero-order valence-electron chi connectivity index (χ0n) is 19.8. The first-order chi connectivity index (χ1) is 16.9. The number of aromatic nitrogens is 2. The molecule has 0 saturated carbocycles. The second-order valence-corrected chi connectivity index (χ2v) is 9.41. The number of halogens is 1. The molecule has 2 heterocycles. The molecule has 6 nitrogen and oxygen atoms in total. The maximum absolute atomic E-state index is 13.6. The number of para-hydroxylation sites is 1. The van der Waals surface area contributed by atoms with Crippen molar-refractivity contribution < 1.29 is 4.79 Å². The van der Waals surface area contributed by atoms with Crippen molar-refractivity contribution in [1.29, 1.82) is 0 Å². The second-order valence-electron chi connectivity index (χ2n) is 8.97. The van der Waals surface area contributed by atoms with E-state index in [0.717, 1.165) is 11.3 Å². The lowest BCUT2D eigenvalue weighted by Crippen LogP contribution is -2.50. The van der Waals surface area contributed by atoms with Gasteiger partial charge >= 0.3 is 0 Å². The van der Waals surface area contributed by atoms with Crippen molar-refractivity contribution >= 4 is 28.4 Å². The zero-order valence-corrected chi connectivity index (χ0v) is 20.6. The Hall–Kier alpha value is -3.48. The number of piperazine rings is 1. The summed E-state index contributed by atoms with van der Waals surface area (Å²) in [6.07, 6.45) is 0. The van der Waals surface area contributed by atoms with E-state index >= 15 is 0 Å². The van der Waals surface area contributed by atoms with E-state index in [0.29, 0.717) is 53.5 Å². The lowest BCUT2D eigenvalue weighted by atomic mass is 10.1. The lowest BCUT2D eigenvalue weighted by Gasteiger charge is -2.38. The van der Waals surface area contributed by atoms with E-state index < -0.39 is 0 Å². The minimum Gasteiger partial charge on any atom is -0.336 e. The maximum atomic E-state index is 13.6. The molecule has 178 valence electrons. The second kappa shape index (κ2) is 9.64. The van der Waals surface area contributed by atoms with Crippen molar-refractivity contribution in [3.05, 3.63) is 105 Å². The van der Waals surface area contributed by atoms with E-state index in [4.69, 9.17) is 16.6 Å². The number of hydrogen-bond acceptors (Lipinski definition) is 4. The molecule has 0 N–H and O–H groups in total. The number of amides is 1. The zero-order chi connectivity index (χ0) is 24.5. The molecule has 1 fully saturated rings. The van der Waals surface area contributed by atoms with Crippen LogP contribution in [0.2, 0.25) is 5.02 Å². The molecule has 0 spiro atoms. The van der Waals surface area contributed by atoms with Gasteiger partial charge in [-0.05, 0) is 62.4 Å². The highest BCUT2D eigenvalue weighted by Crippen LogP contribution is 2.25. The topological polar surface area (TPSA) is 58.4 Å².